The van der Waals surface area contributed by atoms with Crippen LogP contribution in [0.25, 0.3) is 6.08 Å². The maximum absolute atomic E-state index is 12.3. The number of nitrogens with one attached hydrogen (secondary N) is 1. The van der Waals surface area contributed by atoms with Gasteiger partial charge < -0.3 is 0 Å². The second-order valence-corrected chi connectivity index (χ2v) is 6.99. The van der Waals surface area contributed by atoms with Crippen LogP contribution in [0.5, 0.6) is 0 Å². The van der Waals surface area contributed by atoms with Crippen LogP contribution in [0.2, 0.25) is 5.02 Å². The lowest BCUT2D eigenvalue weighted by Crippen LogP contribution is -2.12. The Hall–Kier alpha value is -2.50. The van der Waals surface area contributed by atoms with Gasteiger partial charge in [-0.05, 0) is 36.3 Å². The summed E-state index contributed by atoms with van der Waals surface area (Å²) in [5.41, 5.74) is 2.69. The first-order chi connectivity index (χ1) is 12.1. The number of carbonyl (C=O) groups excluding carboxylic acids is 1. The highest BCUT2D eigenvalue weighted by Crippen LogP contribution is 2.20. The van der Waals surface area contributed by atoms with Gasteiger partial charge >= 0.3 is 0 Å². The summed E-state index contributed by atoms with van der Waals surface area (Å²) in [6.45, 7) is 1.78. The number of nitrogens with zero attached hydrogens (tertiary/aromatic N) is 2. The Bertz CT molecular complexity index is 889. The molecule has 0 aliphatic heterocycles. The molecule has 1 aromatic heterocycles. The normalized spacial score (nSPS) is 11.4. The third-order valence-corrected chi connectivity index (χ3v) is 4.59. The average Bonchev–Trinajstić information content (AvgIpc) is 3.04. The molecule has 2 aromatic carbocycles. The largest absolute Gasteiger partial charge is 0.297 e. The minimum absolute atomic E-state index is 0.182. The minimum atomic E-state index is -0.182. The van der Waals surface area contributed by atoms with Gasteiger partial charge in [-0.25, -0.2) is 0 Å². The monoisotopic (exact) mass is 369 g/mol. The van der Waals surface area contributed by atoms with Gasteiger partial charge in [0.1, 0.15) is 5.01 Å². The summed E-state index contributed by atoms with van der Waals surface area (Å²) in [5, 5.41) is 13.0. The van der Waals surface area contributed by atoms with E-state index in [1.807, 2.05) is 60.7 Å². The molecular formula is C19H16ClN3OS. The third-order valence-electron chi connectivity index (χ3n) is 3.50. The van der Waals surface area contributed by atoms with Crippen LogP contribution in [0, 0.1) is 0 Å². The topological polar surface area (TPSA) is 54.9 Å². The first-order valence-corrected chi connectivity index (χ1v) is 8.91. The summed E-state index contributed by atoms with van der Waals surface area (Å²) < 4.78 is 0. The number of aromatic nitrogens is 2. The van der Waals surface area contributed by atoms with Crippen LogP contribution in [-0.2, 0) is 11.2 Å². The van der Waals surface area contributed by atoms with Crippen molar-refractivity contribution in [1.82, 2.24) is 10.2 Å². The molecule has 0 saturated carbocycles. The number of carbonyl (C=O) groups is 1. The van der Waals surface area contributed by atoms with Crippen molar-refractivity contribution in [2.45, 2.75) is 13.3 Å². The molecule has 1 amide bonds. The van der Waals surface area contributed by atoms with Gasteiger partial charge in [-0.2, -0.15) is 0 Å². The van der Waals surface area contributed by atoms with E-state index in [1.165, 1.54) is 11.3 Å². The summed E-state index contributed by atoms with van der Waals surface area (Å²) in [4.78, 5) is 12.3. The van der Waals surface area contributed by atoms with Crippen LogP contribution in [0.4, 0.5) is 5.13 Å². The van der Waals surface area contributed by atoms with Crippen molar-refractivity contribution in [2.24, 2.45) is 0 Å². The molecule has 3 aromatic rings. The number of hydrogen-bond acceptors (Lipinski definition) is 4. The van der Waals surface area contributed by atoms with Crippen LogP contribution in [-0.4, -0.2) is 16.1 Å². The summed E-state index contributed by atoms with van der Waals surface area (Å²) >= 11 is 7.26. The molecule has 6 heteroatoms. The zero-order valence-corrected chi connectivity index (χ0v) is 15.1. The van der Waals surface area contributed by atoms with Gasteiger partial charge in [-0.15, -0.1) is 10.2 Å². The number of halogens is 1. The molecule has 0 unspecified atom stereocenters. The smallest absolute Gasteiger partial charge is 0.253 e. The number of amides is 1. The van der Waals surface area contributed by atoms with E-state index in [0.717, 1.165) is 16.1 Å². The van der Waals surface area contributed by atoms with Crippen LogP contribution in [0.1, 0.15) is 23.1 Å². The van der Waals surface area contributed by atoms with E-state index >= 15 is 0 Å². The van der Waals surface area contributed by atoms with Crippen LogP contribution >= 0.6 is 22.9 Å². The summed E-state index contributed by atoms with van der Waals surface area (Å²) in [7, 11) is 0. The Kier molecular flexibility index (Phi) is 5.58. The third kappa shape index (κ3) is 4.98. The summed E-state index contributed by atoms with van der Waals surface area (Å²) in [6, 6.07) is 17.3. The molecular weight excluding hydrogens is 354 g/mol. The Morgan fingerprint density at radius 3 is 2.56 bits per heavy atom. The maximum Gasteiger partial charge on any atom is 0.253 e. The number of hydrogen-bond donors (Lipinski definition) is 1. The first kappa shape index (κ1) is 17.3. The van der Waals surface area contributed by atoms with E-state index < -0.39 is 0 Å². The molecule has 0 bridgehead atoms. The fourth-order valence-electron chi connectivity index (χ4n) is 2.21. The predicted molar refractivity (Wildman–Crippen MR) is 103 cm³/mol. The molecule has 4 nitrogen and oxygen atoms in total. The van der Waals surface area contributed by atoms with Crippen LogP contribution < -0.4 is 5.32 Å². The summed E-state index contributed by atoms with van der Waals surface area (Å²) in [5.74, 6) is -0.182. The van der Waals surface area contributed by atoms with Gasteiger partial charge in [-0.1, -0.05) is 65.4 Å². The zero-order valence-electron chi connectivity index (χ0n) is 13.6. The van der Waals surface area contributed by atoms with Crippen molar-refractivity contribution in [2.75, 3.05) is 5.32 Å². The van der Waals surface area contributed by atoms with Crippen molar-refractivity contribution in [1.29, 1.82) is 0 Å². The first-order valence-electron chi connectivity index (χ1n) is 7.72. The van der Waals surface area contributed by atoms with Crippen LogP contribution in [0.15, 0.2) is 60.2 Å². The van der Waals surface area contributed by atoms with E-state index in [2.05, 4.69) is 15.5 Å². The molecule has 1 heterocycles. The van der Waals surface area contributed by atoms with E-state index in [-0.39, 0.29) is 5.91 Å². The molecule has 0 atom stereocenters. The Morgan fingerprint density at radius 1 is 1.12 bits per heavy atom. The van der Waals surface area contributed by atoms with Gasteiger partial charge in [0.05, 0.1) is 0 Å². The molecule has 0 spiro atoms. The predicted octanol–water partition coefficient (Wildman–Crippen LogP) is 4.82. The van der Waals surface area contributed by atoms with Gasteiger partial charge in [-0.3, -0.25) is 10.1 Å². The van der Waals surface area contributed by atoms with Gasteiger partial charge in [0.15, 0.2) is 0 Å². The molecule has 0 saturated heterocycles. The van der Waals surface area contributed by atoms with Crippen LogP contribution in [0.3, 0.4) is 0 Å². The second-order valence-electron chi connectivity index (χ2n) is 5.50. The minimum Gasteiger partial charge on any atom is -0.297 e. The van der Waals surface area contributed by atoms with E-state index in [4.69, 9.17) is 11.6 Å². The molecule has 126 valence electrons. The molecule has 0 aliphatic rings. The van der Waals surface area contributed by atoms with Crippen molar-refractivity contribution >= 4 is 40.1 Å². The lowest BCUT2D eigenvalue weighted by Gasteiger charge is -2.01. The highest BCUT2D eigenvalue weighted by molar-refractivity contribution is 7.15. The van der Waals surface area contributed by atoms with Crippen molar-refractivity contribution in [3.05, 3.63) is 81.3 Å². The molecule has 25 heavy (non-hydrogen) atoms. The van der Waals surface area contributed by atoms with E-state index in [0.29, 0.717) is 22.1 Å². The van der Waals surface area contributed by atoms with Gasteiger partial charge in [0, 0.05) is 17.0 Å². The maximum atomic E-state index is 12.3. The van der Waals surface area contributed by atoms with Crippen molar-refractivity contribution in [3.8, 4) is 0 Å². The zero-order chi connectivity index (χ0) is 17.6. The molecule has 0 aliphatic carbocycles. The van der Waals surface area contributed by atoms with Crippen molar-refractivity contribution in [3.63, 3.8) is 0 Å². The molecule has 1 N–H and O–H groups in total. The summed E-state index contributed by atoms with van der Waals surface area (Å²) in [6.07, 6.45) is 2.49. The Balaban J connectivity index is 1.63. The quantitative estimate of drug-likeness (QED) is 0.655. The molecule has 0 radical (unpaired) electrons. The van der Waals surface area contributed by atoms with E-state index in [9.17, 15) is 4.79 Å². The van der Waals surface area contributed by atoms with Gasteiger partial charge in [0.25, 0.3) is 5.91 Å². The second kappa shape index (κ2) is 8.05. The highest BCUT2D eigenvalue weighted by atomic mass is 35.5. The lowest BCUT2D eigenvalue weighted by molar-refractivity contribution is -0.112. The van der Waals surface area contributed by atoms with Gasteiger partial charge in [0.2, 0.25) is 5.13 Å². The molecule has 0 fully saturated rings. The fourth-order valence-corrected chi connectivity index (χ4v) is 3.11. The lowest BCUT2D eigenvalue weighted by atomic mass is 10.1. The molecule has 3 rings (SSSR count). The SMILES string of the molecule is CC(=Cc1ccccc1)C(=O)Nc1nnc(Cc2ccc(Cl)cc2)s1. The Morgan fingerprint density at radius 2 is 1.84 bits per heavy atom. The standard InChI is InChI=1S/C19H16ClN3OS/c1-13(11-14-5-3-2-4-6-14)18(24)21-19-23-22-17(25-19)12-15-7-9-16(20)10-8-15/h2-11H,12H2,1H3,(H,21,23,24). The fraction of sp³-hybridized carbons (Fsp3) is 0.105. The number of rotatable bonds is 5. The Labute approximate surface area is 155 Å². The highest BCUT2D eigenvalue weighted by Gasteiger charge is 2.10. The number of anilines is 1. The number of benzene rings is 2. The van der Waals surface area contributed by atoms with Crippen molar-refractivity contribution < 1.29 is 4.79 Å². The average molecular weight is 370 g/mol. The van der Waals surface area contributed by atoms with E-state index in [1.54, 1.807) is 6.92 Å².